The molecule has 1 aliphatic carbocycles. The predicted octanol–water partition coefficient (Wildman–Crippen LogP) is 2.33. The number of nitrogens with zero attached hydrogens (tertiary/aromatic N) is 3. The van der Waals surface area contributed by atoms with Gasteiger partial charge in [-0.15, -0.1) is 0 Å². The molecule has 2 heterocycles. The van der Waals surface area contributed by atoms with E-state index < -0.39 is 5.41 Å². The van der Waals surface area contributed by atoms with Crippen molar-refractivity contribution in [3.8, 4) is 5.75 Å². The number of likely N-dealkylation sites (tertiary alicyclic amines) is 1. The molecule has 1 unspecified atom stereocenters. The lowest BCUT2D eigenvalue weighted by Gasteiger charge is -2.26. The van der Waals surface area contributed by atoms with Crippen LogP contribution >= 0.6 is 0 Å². The summed E-state index contributed by atoms with van der Waals surface area (Å²) in [5.74, 6) is 1.90. The minimum Gasteiger partial charge on any atom is -0.497 e. The molecule has 2 amide bonds. The van der Waals surface area contributed by atoms with Gasteiger partial charge in [0, 0.05) is 30.6 Å². The molecule has 1 aromatic heterocycles. The van der Waals surface area contributed by atoms with Gasteiger partial charge in [-0.3, -0.25) is 9.59 Å². The first-order valence-corrected chi connectivity index (χ1v) is 10.4. The molecule has 4 rings (SSSR count). The van der Waals surface area contributed by atoms with Crippen molar-refractivity contribution in [2.24, 2.45) is 11.8 Å². The zero-order valence-corrected chi connectivity index (χ0v) is 17.8. The standard InChI is InChI=1S/C22H28N4O4/c1-13(2)20(28)26-11-16-9-17(10-22(16,12-26)21-23-14(3)25-30-21)24-19(27)15-6-5-7-18(8-15)29-4/h5-8,13,16-17H,9-12H2,1-4H3,(H,24,27)/t16?,17-,22+/m1/s1. The van der Waals surface area contributed by atoms with E-state index in [2.05, 4.69) is 15.5 Å². The summed E-state index contributed by atoms with van der Waals surface area (Å²) in [4.78, 5) is 31.9. The van der Waals surface area contributed by atoms with Crippen LogP contribution in [0.25, 0.3) is 0 Å². The quantitative estimate of drug-likeness (QED) is 0.810. The zero-order valence-electron chi connectivity index (χ0n) is 17.8. The molecule has 0 radical (unpaired) electrons. The lowest BCUT2D eigenvalue weighted by Crippen LogP contribution is -2.40. The summed E-state index contributed by atoms with van der Waals surface area (Å²) < 4.78 is 10.8. The number of rotatable bonds is 5. The van der Waals surface area contributed by atoms with E-state index in [4.69, 9.17) is 9.26 Å². The molecule has 1 saturated carbocycles. The van der Waals surface area contributed by atoms with Gasteiger partial charge >= 0.3 is 0 Å². The maximum atomic E-state index is 12.8. The van der Waals surface area contributed by atoms with Crippen LogP contribution in [0.4, 0.5) is 0 Å². The van der Waals surface area contributed by atoms with Crippen molar-refractivity contribution in [3.63, 3.8) is 0 Å². The van der Waals surface area contributed by atoms with Crippen LogP contribution in [-0.2, 0) is 10.2 Å². The minimum absolute atomic E-state index is 0.0304. The zero-order chi connectivity index (χ0) is 21.5. The van der Waals surface area contributed by atoms with Crippen molar-refractivity contribution in [1.82, 2.24) is 20.4 Å². The Balaban J connectivity index is 1.54. The second-order valence-electron chi connectivity index (χ2n) is 8.72. The van der Waals surface area contributed by atoms with Crippen molar-refractivity contribution < 1.29 is 18.8 Å². The maximum absolute atomic E-state index is 12.8. The summed E-state index contributed by atoms with van der Waals surface area (Å²) in [6.07, 6.45) is 1.43. The Bertz CT molecular complexity index is 956. The van der Waals surface area contributed by atoms with Gasteiger partial charge in [-0.2, -0.15) is 4.98 Å². The molecule has 2 aliphatic rings. The first kappa shape index (κ1) is 20.4. The van der Waals surface area contributed by atoms with Gasteiger partial charge in [-0.25, -0.2) is 0 Å². The summed E-state index contributed by atoms with van der Waals surface area (Å²) in [5.41, 5.74) is 0.142. The molecule has 1 aromatic carbocycles. The lowest BCUT2D eigenvalue weighted by atomic mass is 9.80. The number of carbonyl (C=O) groups is 2. The molecule has 160 valence electrons. The normalized spacial score (nSPS) is 25.4. The molecule has 1 aliphatic heterocycles. The van der Waals surface area contributed by atoms with Gasteiger partial charge in [-0.1, -0.05) is 25.1 Å². The molecule has 2 aromatic rings. The van der Waals surface area contributed by atoms with E-state index in [1.807, 2.05) is 24.8 Å². The van der Waals surface area contributed by atoms with Crippen LogP contribution in [0.5, 0.6) is 5.75 Å². The third-order valence-electron chi connectivity index (χ3n) is 6.30. The van der Waals surface area contributed by atoms with E-state index in [9.17, 15) is 9.59 Å². The summed E-state index contributed by atoms with van der Waals surface area (Å²) in [6, 6.07) is 7.08. The van der Waals surface area contributed by atoms with Crippen LogP contribution in [0.3, 0.4) is 0 Å². The van der Waals surface area contributed by atoms with E-state index in [0.29, 0.717) is 42.5 Å². The van der Waals surface area contributed by atoms with Crippen LogP contribution in [0.2, 0.25) is 0 Å². The number of benzene rings is 1. The van der Waals surface area contributed by atoms with Crippen molar-refractivity contribution in [3.05, 3.63) is 41.5 Å². The van der Waals surface area contributed by atoms with Gasteiger partial charge in [-0.05, 0) is 43.9 Å². The number of carbonyl (C=O) groups excluding carboxylic acids is 2. The molecule has 1 saturated heterocycles. The predicted molar refractivity (Wildman–Crippen MR) is 109 cm³/mol. The SMILES string of the molecule is COc1cccc(C(=O)N[C@@H]2CC3CN(C(=O)C(C)C)C[C@@]3(c3nc(C)no3)C2)c1. The van der Waals surface area contributed by atoms with E-state index in [-0.39, 0.29) is 29.7 Å². The Labute approximate surface area is 176 Å². The summed E-state index contributed by atoms with van der Waals surface area (Å²) >= 11 is 0. The number of hydrogen-bond acceptors (Lipinski definition) is 6. The average Bonchev–Trinajstić information content (AvgIpc) is 3.40. The van der Waals surface area contributed by atoms with Gasteiger partial charge in [0.1, 0.15) is 5.75 Å². The van der Waals surface area contributed by atoms with E-state index in [1.54, 1.807) is 32.2 Å². The number of amides is 2. The van der Waals surface area contributed by atoms with Gasteiger partial charge in [0.25, 0.3) is 5.91 Å². The van der Waals surface area contributed by atoms with Crippen LogP contribution < -0.4 is 10.1 Å². The monoisotopic (exact) mass is 412 g/mol. The number of hydrogen-bond donors (Lipinski definition) is 1. The Morgan fingerprint density at radius 1 is 1.37 bits per heavy atom. The molecule has 0 bridgehead atoms. The van der Waals surface area contributed by atoms with Crippen LogP contribution in [-0.4, -0.2) is 53.1 Å². The molecule has 1 N–H and O–H groups in total. The highest BCUT2D eigenvalue weighted by atomic mass is 16.5. The van der Waals surface area contributed by atoms with E-state index in [0.717, 1.165) is 6.42 Å². The van der Waals surface area contributed by atoms with Crippen molar-refractivity contribution in [2.75, 3.05) is 20.2 Å². The van der Waals surface area contributed by atoms with Gasteiger partial charge in [0.15, 0.2) is 5.82 Å². The van der Waals surface area contributed by atoms with Gasteiger partial charge in [0.05, 0.1) is 12.5 Å². The first-order valence-electron chi connectivity index (χ1n) is 10.4. The summed E-state index contributed by atoms with van der Waals surface area (Å²) in [7, 11) is 1.58. The highest BCUT2D eigenvalue weighted by Gasteiger charge is 2.58. The molecule has 8 heteroatoms. The van der Waals surface area contributed by atoms with E-state index >= 15 is 0 Å². The van der Waals surface area contributed by atoms with Gasteiger partial charge < -0.3 is 19.5 Å². The molecule has 8 nitrogen and oxygen atoms in total. The summed E-state index contributed by atoms with van der Waals surface area (Å²) in [6.45, 7) is 6.81. The van der Waals surface area contributed by atoms with E-state index in [1.165, 1.54) is 0 Å². The fraction of sp³-hybridized carbons (Fsp3) is 0.545. The average molecular weight is 412 g/mol. The van der Waals surface area contributed by atoms with Crippen LogP contribution in [0.15, 0.2) is 28.8 Å². The smallest absolute Gasteiger partial charge is 0.251 e. The summed E-state index contributed by atoms with van der Waals surface area (Å²) in [5, 5.41) is 7.14. The molecular formula is C22H28N4O4. The van der Waals surface area contributed by atoms with Crippen LogP contribution in [0.1, 0.15) is 48.8 Å². The maximum Gasteiger partial charge on any atom is 0.251 e. The number of methoxy groups -OCH3 is 1. The molecule has 30 heavy (non-hydrogen) atoms. The van der Waals surface area contributed by atoms with Crippen molar-refractivity contribution in [1.29, 1.82) is 0 Å². The Morgan fingerprint density at radius 2 is 2.17 bits per heavy atom. The molecular weight excluding hydrogens is 384 g/mol. The van der Waals surface area contributed by atoms with Crippen molar-refractivity contribution in [2.45, 2.75) is 45.1 Å². The highest BCUT2D eigenvalue weighted by molar-refractivity contribution is 5.94. The lowest BCUT2D eigenvalue weighted by molar-refractivity contribution is -0.133. The van der Waals surface area contributed by atoms with Crippen LogP contribution in [0, 0.1) is 18.8 Å². The second-order valence-corrected chi connectivity index (χ2v) is 8.72. The Hall–Kier alpha value is -2.90. The number of aromatic nitrogens is 2. The number of ether oxygens (including phenoxy) is 1. The molecule has 0 spiro atoms. The second kappa shape index (κ2) is 7.74. The molecule has 2 fully saturated rings. The Morgan fingerprint density at radius 3 is 2.83 bits per heavy atom. The fourth-order valence-corrected chi connectivity index (χ4v) is 4.88. The van der Waals surface area contributed by atoms with Gasteiger partial charge in [0.2, 0.25) is 11.8 Å². The first-order chi connectivity index (χ1) is 14.3. The molecule has 3 atom stereocenters. The Kier molecular flexibility index (Phi) is 5.26. The number of nitrogens with one attached hydrogen (secondary N) is 1. The fourth-order valence-electron chi connectivity index (χ4n) is 4.88. The number of fused-ring (bicyclic) bond motifs is 1. The van der Waals surface area contributed by atoms with Crippen molar-refractivity contribution >= 4 is 11.8 Å². The highest BCUT2D eigenvalue weighted by Crippen LogP contribution is 2.50. The third kappa shape index (κ3) is 3.55. The number of aryl methyl sites for hydroxylation is 1. The minimum atomic E-state index is -0.419. The largest absolute Gasteiger partial charge is 0.497 e. The topological polar surface area (TPSA) is 97.6 Å². The third-order valence-corrected chi connectivity index (χ3v) is 6.30.